The van der Waals surface area contributed by atoms with Gasteiger partial charge in [-0.1, -0.05) is 18.2 Å². The maximum atomic E-state index is 12.8. The fourth-order valence-corrected chi connectivity index (χ4v) is 2.60. The Balaban J connectivity index is 1.99. The number of rotatable bonds is 6. The molecule has 1 aromatic carbocycles. The highest BCUT2D eigenvalue weighted by atomic mass is 32.1. The third-order valence-corrected chi connectivity index (χ3v) is 3.86. The van der Waals surface area contributed by atoms with Gasteiger partial charge < -0.3 is 16.4 Å². The first-order valence-electron chi connectivity index (χ1n) is 6.37. The van der Waals surface area contributed by atoms with Crippen LogP contribution in [-0.2, 0) is 6.54 Å². The first-order chi connectivity index (χ1) is 10.1. The number of carbonyl (C=O) groups excluding carboxylic acids is 1. The van der Waals surface area contributed by atoms with Crippen LogP contribution in [0.1, 0.15) is 15.2 Å². The van der Waals surface area contributed by atoms with E-state index in [1.807, 2.05) is 0 Å². The van der Waals surface area contributed by atoms with E-state index in [0.717, 1.165) is 10.6 Å². The third-order valence-electron chi connectivity index (χ3n) is 2.75. The maximum absolute atomic E-state index is 12.8. The molecule has 4 nitrogen and oxygen atoms in total. The van der Waals surface area contributed by atoms with Crippen LogP contribution in [0.3, 0.4) is 0 Å². The van der Waals surface area contributed by atoms with Crippen molar-refractivity contribution in [2.24, 2.45) is 0 Å². The molecule has 0 aliphatic carbocycles. The van der Waals surface area contributed by atoms with Crippen LogP contribution in [0.2, 0.25) is 0 Å². The van der Waals surface area contributed by atoms with Gasteiger partial charge in [0.15, 0.2) is 0 Å². The molecular weight excluding hydrogens is 289 g/mol. The van der Waals surface area contributed by atoms with Gasteiger partial charge in [-0.05, 0) is 23.8 Å². The second-order valence-corrected chi connectivity index (χ2v) is 5.43. The lowest BCUT2D eigenvalue weighted by Gasteiger charge is -2.03. The van der Waals surface area contributed by atoms with Crippen molar-refractivity contribution in [2.45, 2.75) is 6.54 Å². The predicted molar refractivity (Wildman–Crippen MR) is 85.0 cm³/mol. The molecular formula is C15H16FN3OS. The molecule has 21 heavy (non-hydrogen) atoms. The van der Waals surface area contributed by atoms with Crippen LogP contribution in [-0.4, -0.2) is 12.5 Å². The van der Waals surface area contributed by atoms with Crippen molar-refractivity contribution in [1.82, 2.24) is 5.32 Å². The number of benzene rings is 1. The third kappa shape index (κ3) is 4.06. The van der Waals surface area contributed by atoms with Gasteiger partial charge in [0.05, 0.1) is 10.7 Å². The lowest BCUT2D eigenvalue weighted by atomic mass is 10.2. The Morgan fingerprint density at radius 1 is 1.38 bits per heavy atom. The summed E-state index contributed by atoms with van der Waals surface area (Å²) in [5.41, 5.74) is 7.22. The van der Waals surface area contributed by atoms with Gasteiger partial charge in [-0.2, -0.15) is 0 Å². The van der Waals surface area contributed by atoms with E-state index < -0.39 is 0 Å². The van der Waals surface area contributed by atoms with Crippen molar-refractivity contribution in [2.75, 3.05) is 17.6 Å². The molecule has 0 saturated carbocycles. The number of hydrogen-bond acceptors (Lipinski definition) is 4. The van der Waals surface area contributed by atoms with Gasteiger partial charge >= 0.3 is 0 Å². The van der Waals surface area contributed by atoms with Crippen LogP contribution < -0.4 is 16.4 Å². The molecule has 0 unspecified atom stereocenters. The molecule has 0 saturated heterocycles. The first kappa shape index (κ1) is 15.1. The summed E-state index contributed by atoms with van der Waals surface area (Å²) in [7, 11) is 0. The number of nitrogen functional groups attached to an aromatic ring is 1. The van der Waals surface area contributed by atoms with Gasteiger partial charge in [0, 0.05) is 13.1 Å². The van der Waals surface area contributed by atoms with E-state index in [0.29, 0.717) is 23.7 Å². The van der Waals surface area contributed by atoms with E-state index in [2.05, 4.69) is 17.2 Å². The molecule has 0 spiro atoms. The van der Waals surface area contributed by atoms with Gasteiger partial charge in [0.2, 0.25) is 0 Å². The summed E-state index contributed by atoms with van der Waals surface area (Å²) in [5.74, 6) is -0.479. The van der Waals surface area contributed by atoms with Crippen molar-refractivity contribution >= 4 is 27.9 Å². The number of nitrogens with two attached hydrogens (primary N) is 1. The zero-order valence-electron chi connectivity index (χ0n) is 11.4. The minimum atomic E-state index is -0.264. The Bertz CT molecular complexity index is 637. The zero-order valence-corrected chi connectivity index (χ0v) is 12.2. The highest BCUT2D eigenvalue weighted by Gasteiger charge is 2.13. The summed E-state index contributed by atoms with van der Waals surface area (Å²) >= 11 is 1.28. The standard InChI is InChI=1S/C15H16FN3OS/c1-2-7-18-15(20)14-12(17)8-13(21-14)19-9-10-3-5-11(16)6-4-10/h2-6,8,19H,1,7,9,17H2,(H,18,20). The van der Waals surface area contributed by atoms with Crippen molar-refractivity contribution in [3.05, 3.63) is 59.2 Å². The minimum Gasteiger partial charge on any atom is -0.397 e. The van der Waals surface area contributed by atoms with Crippen LogP contribution in [0.15, 0.2) is 43.0 Å². The fraction of sp³-hybridized carbons (Fsp3) is 0.133. The number of thiophene rings is 1. The average molecular weight is 305 g/mol. The summed E-state index contributed by atoms with van der Waals surface area (Å²) < 4.78 is 12.8. The number of amides is 1. The molecule has 0 fully saturated rings. The monoisotopic (exact) mass is 305 g/mol. The van der Waals surface area contributed by atoms with E-state index in [1.165, 1.54) is 23.5 Å². The Morgan fingerprint density at radius 3 is 2.76 bits per heavy atom. The lowest BCUT2D eigenvalue weighted by molar-refractivity contribution is 0.0963. The van der Waals surface area contributed by atoms with Crippen LogP contribution in [0, 0.1) is 5.82 Å². The molecule has 1 amide bonds. The molecule has 0 atom stereocenters. The van der Waals surface area contributed by atoms with Crippen LogP contribution in [0.25, 0.3) is 0 Å². The molecule has 110 valence electrons. The van der Waals surface area contributed by atoms with E-state index in [-0.39, 0.29) is 11.7 Å². The van der Waals surface area contributed by atoms with Gasteiger partial charge in [0.25, 0.3) is 5.91 Å². The van der Waals surface area contributed by atoms with Crippen LogP contribution in [0.4, 0.5) is 15.1 Å². The molecule has 4 N–H and O–H groups in total. The zero-order chi connectivity index (χ0) is 15.2. The van der Waals surface area contributed by atoms with E-state index in [4.69, 9.17) is 5.73 Å². The largest absolute Gasteiger partial charge is 0.397 e. The lowest BCUT2D eigenvalue weighted by Crippen LogP contribution is -2.22. The van der Waals surface area contributed by atoms with E-state index in [9.17, 15) is 9.18 Å². The number of halogens is 1. The van der Waals surface area contributed by atoms with Crippen molar-refractivity contribution in [3.8, 4) is 0 Å². The molecule has 0 aliphatic rings. The number of nitrogens with one attached hydrogen (secondary N) is 2. The van der Waals surface area contributed by atoms with Crippen molar-refractivity contribution in [1.29, 1.82) is 0 Å². The van der Waals surface area contributed by atoms with Crippen LogP contribution in [0.5, 0.6) is 0 Å². The average Bonchev–Trinajstić information content (AvgIpc) is 2.85. The normalized spacial score (nSPS) is 10.1. The Morgan fingerprint density at radius 2 is 2.10 bits per heavy atom. The predicted octanol–water partition coefficient (Wildman–Crippen LogP) is 3.00. The molecule has 1 heterocycles. The highest BCUT2D eigenvalue weighted by molar-refractivity contribution is 7.18. The number of carbonyl (C=O) groups is 1. The highest BCUT2D eigenvalue weighted by Crippen LogP contribution is 2.29. The summed E-state index contributed by atoms with van der Waals surface area (Å²) in [6, 6.07) is 7.95. The van der Waals surface area contributed by atoms with Crippen molar-refractivity contribution < 1.29 is 9.18 Å². The second kappa shape index (κ2) is 6.90. The minimum absolute atomic E-state index is 0.216. The van der Waals surface area contributed by atoms with Crippen LogP contribution >= 0.6 is 11.3 Å². The smallest absolute Gasteiger partial charge is 0.263 e. The molecule has 0 bridgehead atoms. The Hall–Kier alpha value is -2.34. The first-order valence-corrected chi connectivity index (χ1v) is 7.18. The summed E-state index contributed by atoms with van der Waals surface area (Å²) in [6.45, 7) is 4.47. The molecule has 1 aromatic heterocycles. The molecule has 2 rings (SSSR count). The number of hydrogen-bond donors (Lipinski definition) is 3. The molecule has 6 heteroatoms. The molecule has 0 aliphatic heterocycles. The maximum Gasteiger partial charge on any atom is 0.263 e. The topological polar surface area (TPSA) is 67.2 Å². The van der Waals surface area contributed by atoms with Crippen molar-refractivity contribution in [3.63, 3.8) is 0 Å². The Kier molecular flexibility index (Phi) is 4.94. The summed E-state index contributed by atoms with van der Waals surface area (Å²) in [4.78, 5) is 12.3. The summed E-state index contributed by atoms with van der Waals surface area (Å²) in [6.07, 6.45) is 1.61. The number of anilines is 2. The quantitative estimate of drug-likeness (QED) is 0.719. The molecule has 0 radical (unpaired) electrons. The van der Waals surface area contributed by atoms with Gasteiger partial charge in [0.1, 0.15) is 10.7 Å². The summed E-state index contributed by atoms with van der Waals surface area (Å²) in [5, 5.41) is 6.65. The molecule has 2 aromatic rings. The SMILES string of the molecule is C=CCNC(=O)c1sc(NCc2ccc(F)cc2)cc1N. The van der Waals surface area contributed by atoms with Gasteiger partial charge in [-0.25, -0.2) is 4.39 Å². The fourth-order valence-electron chi connectivity index (χ4n) is 1.71. The van der Waals surface area contributed by atoms with E-state index >= 15 is 0 Å². The van der Waals surface area contributed by atoms with E-state index in [1.54, 1.807) is 24.3 Å². The Labute approximate surface area is 126 Å². The second-order valence-electron chi connectivity index (χ2n) is 4.37. The van der Waals surface area contributed by atoms with Gasteiger partial charge in [-0.3, -0.25) is 4.79 Å². The van der Waals surface area contributed by atoms with Gasteiger partial charge in [-0.15, -0.1) is 17.9 Å².